The Kier molecular flexibility index (Phi) is 3.50. The van der Waals surface area contributed by atoms with Crippen molar-refractivity contribution in [1.82, 2.24) is 5.32 Å². The maximum Gasteiger partial charge on any atom is 0.156 e. The third-order valence-corrected chi connectivity index (χ3v) is 6.86. The van der Waals surface area contributed by atoms with Gasteiger partial charge in [-0.05, 0) is 42.5 Å². The van der Waals surface area contributed by atoms with Gasteiger partial charge in [-0.1, -0.05) is 13.0 Å². The summed E-state index contributed by atoms with van der Waals surface area (Å²) in [5.74, 6) is 1.06. The van der Waals surface area contributed by atoms with Crippen molar-refractivity contribution in [3.63, 3.8) is 0 Å². The number of ether oxygens (including phenoxy) is 1. The Morgan fingerprint density at radius 1 is 1.40 bits per heavy atom. The first-order chi connectivity index (χ1) is 9.55. The fourth-order valence-electron chi connectivity index (χ4n) is 3.41. The lowest BCUT2D eigenvalue weighted by atomic mass is 9.86. The first-order valence-corrected chi connectivity index (χ1v) is 8.91. The Morgan fingerprint density at radius 3 is 2.90 bits per heavy atom. The van der Waals surface area contributed by atoms with Gasteiger partial charge in [0.15, 0.2) is 9.84 Å². The van der Waals surface area contributed by atoms with E-state index in [2.05, 4.69) is 11.4 Å². The number of sulfone groups is 1. The summed E-state index contributed by atoms with van der Waals surface area (Å²) in [6.45, 7) is 2.03. The second-order valence-corrected chi connectivity index (χ2v) is 7.99. The van der Waals surface area contributed by atoms with Gasteiger partial charge in [-0.2, -0.15) is 0 Å². The number of hydrogen-bond donors (Lipinski definition) is 1. The van der Waals surface area contributed by atoms with E-state index in [1.54, 1.807) is 7.11 Å². The zero-order valence-corrected chi connectivity index (χ0v) is 12.7. The average Bonchev–Trinajstić information content (AvgIpc) is 2.45. The summed E-state index contributed by atoms with van der Waals surface area (Å²) >= 11 is 0. The second kappa shape index (κ2) is 5.04. The van der Waals surface area contributed by atoms with E-state index in [0.29, 0.717) is 0 Å². The number of methoxy groups -OCH3 is 1. The van der Waals surface area contributed by atoms with Crippen LogP contribution in [0.3, 0.4) is 0 Å². The minimum absolute atomic E-state index is 0.0541. The molecule has 1 aromatic carbocycles. The van der Waals surface area contributed by atoms with Crippen LogP contribution < -0.4 is 10.1 Å². The molecule has 2 aliphatic rings. The Hall–Kier alpha value is -1.07. The number of rotatable bonds is 2. The third-order valence-electron chi connectivity index (χ3n) is 4.56. The van der Waals surface area contributed by atoms with Crippen molar-refractivity contribution < 1.29 is 13.2 Å². The molecule has 1 fully saturated rings. The van der Waals surface area contributed by atoms with E-state index in [4.69, 9.17) is 4.74 Å². The highest BCUT2D eigenvalue weighted by molar-refractivity contribution is 7.92. The molecular formula is C15H21NO3S. The molecule has 1 aliphatic heterocycles. The monoisotopic (exact) mass is 295 g/mol. The molecule has 0 spiro atoms. The van der Waals surface area contributed by atoms with Crippen LogP contribution in [0.4, 0.5) is 0 Å². The summed E-state index contributed by atoms with van der Waals surface area (Å²) in [6, 6.07) is 5.98. The normalized spacial score (nSPS) is 31.2. The molecule has 0 bridgehead atoms. The highest BCUT2D eigenvalue weighted by Gasteiger charge is 2.43. The van der Waals surface area contributed by atoms with E-state index >= 15 is 0 Å². The highest BCUT2D eigenvalue weighted by atomic mass is 32.2. The standard InChI is InChI=1S/C15H21NO3S/c1-3-11-9-20(17,18)14-7-5-10-4-6-12(19-2)8-13(10)15(14)16-11/h4,6,8,11,14-16H,3,5,7,9H2,1-2H3. The van der Waals surface area contributed by atoms with Crippen LogP contribution in [-0.4, -0.2) is 32.6 Å². The molecule has 1 N–H and O–H groups in total. The molecule has 5 heteroatoms. The lowest BCUT2D eigenvalue weighted by Gasteiger charge is -2.41. The van der Waals surface area contributed by atoms with Crippen molar-refractivity contribution in [1.29, 1.82) is 0 Å². The smallest absolute Gasteiger partial charge is 0.156 e. The Balaban J connectivity index is 2.05. The van der Waals surface area contributed by atoms with Gasteiger partial charge in [0.1, 0.15) is 5.75 Å². The third kappa shape index (κ3) is 2.23. The van der Waals surface area contributed by atoms with E-state index in [9.17, 15) is 8.42 Å². The Labute approximate surface area is 120 Å². The first kappa shape index (κ1) is 13.9. The Bertz CT molecular complexity index is 612. The molecule has 0 radical (unpaired) electrons. The molecule has 1 heterocycles. The SMILES string of the molecule is CCC1CS(=O)(=O)C2CCc3ccc(OC)cc3C2N1. The molecule has 0 amide bonds. The zero-order valence-electron chi connectivity index (χ0n) is 11.9. The van der Waals surface area contributed by atoms with E-state index in [1.165, 1.54) is 5.56 Å². The average molecular weight is 295 g/mol. The highest BCUT2D eigenvalue weighted by Crippen LogP contribution is 2.39. The minimum Gasteiger partial charge on any atom is -0.497 e. The maximum absolute atomic E-state index is 12.5. The van der Waals surface area contributed by atoms with Crippen LogP contribution in [0, 0.1) is 0 Å². The number of nitrogens with one attached hydrogen (secondary N) is 1. The van der Waals surface area contributed by atoms with Gasteiger partial charge < -0.3 is 10.1 Å². The number of hydrogen-bond acceptors (Lipinski definition) is 4. The molecule has 4 nitrogen and oxygen atoms in total. The Morgan fingerprint density at radius 2 is 2.20 bits per heavy atom. The van der Waals surface area contributed by atoms with Gasteiger partial charge in [0, 0.05) is 12.1 Å². The predicted octanol–water partition coefficient (Wildman–Crippen LogP) is 1.85. The summed E-state index contributed by atoms with van der Waals surface area (Å²) in [5.41, 5.74) is 2.34. The molecule has 1 aromatic rings. The lowest BCUT2D eigenvalue weighted by Crippen LogP contribution is -2.53. The van der Waals surface area contributed by atoms with Crippen molar-refractivity contribution in [3.8, 4) is 5.75 Å². The van der Waals surface area contributed by atoms with Gasteiger partial charge in [0.25, 0.3) is 0 Å². The summed E-state index contributed by atoms with van der Waals surface area (Å²) < 4.78 is 30.2. The number of benzene rings is 1. The molecule has 3 rings (SSSR count). The number of fused-ring (bicyclic) bond motifs is 3. The van der Waals surface area contributed by atoms with Crippen LogP contribution >= 0.6 is 0 Å². The van der Waals surface area contributed by atoms with Gasteiger partial charge in [-0.15, -0.1) is 0 Å². The molecule has 0 aromatic heterocycles. The fraction of sp³-hybridized carbons (Fsp3) is 0.600. The predicted molar refractivity (Wildman–Crippen MR) is 78.8 cm³/mol. The van der Waals surface area contributed by atoms with Crippen LogP contribution in [0.2, 0.25) is 0 Å². The van der Waals surface area contributed by atoms with Crippen molar-refractivity contribution in [3.05, 3.63) is 29.3 Å². The van der Waals surface area contributed by atoms with Crippen molar-refractivity contribution >= 4 is 9.84 Å². The summed E-state index contributed by atoms with van der Waals surface area (Å²) in [4.78, 5) is 0. The number of aryl methyl sites for hydroxylation is 1. The van der Waals surface area contributed by atoms with Crippen LogP contribution in [0.15, 0.2) is 18.2 Å². The molecule has 1 saturated heterocycles. The van der Waals surface area contributed by atoms with Crippen molar-refractivity contribution in [2.75, 3.05) is 12.9 Å². The van der Waals surface area contributed by atoms with Gasteiger partial charge in [-0.3, -0.25) is 0 Å². The van der Waals surface area contributed by atoms with E-state index in [0.717, 1.165) is 30.6 Å². The van der Waals surface area contributed by atoms with Gasteiger partial charge in [-0.25, -0.2) is 8.42 Å². The van der Waals surface area contributed by atoms with Gasteiger partial charge >= 0.3 is 0 Å². The van der Waals surface area contributed by atoms with Crippen LogP contribution in [0.25, 0.3) is 0 Å². The summed E-state index contributed by atoms with van der Waals surface area (Å²) in [6.07, 6.45) is 2.38. The molecule has 3 atom stereocenters. The second-order valence-electron chi connectivity index (χ2n) is 5.72. The summed E-state index contributed by atoms with van der Waals surface area (Å²) in [7, 11) is -1.37. The summed E-state index contributed by atoms with van der Waals surface area (Å²) in [5, 5.41) is 3.25. The van der Waals surface area contributed by atoms with E-state index in [1.807, 2.05) is 19.1 Å². The van der Waals surface area contributed by atoms with Crippen molar-refractivity contribution in [2.45, 2.75) is 43.5 Å². The van der Waals surface area contributed by atoms with Gasteiger partial charge in [0.05, 0.1) is 18.1 Å². The van der Waals surface area contributed by atoms with Crippen LogP contribution in [-0.2, 0) is 16.3 Å². The molecule has 110 valence electrons. The molecule has 0 saturated carbocycles. The topological polar surface area (TPSA) is 55.4 Å². The minimum atomic E-state index is -3.01. The molecule has 20 heavy (non-hydrogen) atoms. The van der Waals surface area contributed by atoms with E-state index < -0.39 is 9.84 Å². The van der Waals surface area contributed by atoms with Crippen LogP contribution in [0.5, 0.6) is 5.75 Å². The fourth-order valence-corrected chi connectivity index (χ4v) is 5.66. The molecule has 3 unspecified atom stereocenters. The molecular weight excluding hydrogens is 274 g/mol. The zero-order chi connectivity index (χ0) is 14.3. The quantitative estimate of drug-likeness (QED) is 0.904. The van der Waals surface area contributed by atoms with Gasteiger partial charge in [0.2, 0.25) is 0 Å². The van der Waals surface area contributed by atoms with Crippen LogP contribution in [0.1, 0.15) is 36.9 Å². The molecule has 1 aliphatic carbocycles. The maximum atomic E-state index is 12.5. The first-order valence-electron chi connectivity index (χ1n) is 7.19. The van der Waals surface area contributed by atoms with E-state index in [-0.39, 0.29) is 23.1 Å². The largest absolute Gasteiger partial charge is 0.497 e. The van der Waals surface area contributed by atoms with Crippen molar-refractivity contribution in [2.24, 2.45) is 0 Å². The lowest BCUT2D eigenvalue weighted by molar-refractivity contribution is 0.369.